The number of carbonyl (C=O) groups excluding carboxylic acids is 1. The maximum atomic E-state index is 12.0. The number of benzene rings is 1. The number of nitriles is 1. The van der Waals surface area contributed by atoms with Crippen LogP contribution in [0.3, 0.4) is 0 Å². The highest BCUT2D eigenvalue weighted by molar-refractivity contribution is 5.76. The van der Waals surface area contributed by atoms with Crippen LogP contribution in [0, 0.1) is 25.2 Å². The highest BCUT2D eigenvalue weighted by atomic mass is 16.2. The summed E-state index contributed by atoms with van der Waals surface area (Å²) in [5, 5.41) is 8.65. The SMILES string of the molecule is Cc1ccc(CCC(=O)N(C)[C@H](C)CC#N)c(C)c1. The molecular formula is C16H22N2O. The van der Waals surface area contributed by atoms with Gasteiger partial charge in [0.2, 0.25) is 5.91 Å². The molecule has 0 spiro atoms. The van der Waals surface area contributed by atoms with E-state index in [2.05, 4.69) is 38.1 Å². The minimum absolute atomic E-state index is 0.0170. The van der Waals surface area contributed by atoms with E-state index in [1.54, 1.807) is 11.9 Å². The smallest absolute Gasteiger partial charge is 0.222 e. The van der Waals surface area contributed by atoms with Gasteiger partial charge in [-0.2, -0.15) is 5.26 Å². The number of amides is 1. The highest BCUT2D eigenvalue weighted by Gasteiger charge is 2.15. The van der Waals surface area contributed by atoms with Crippen molar-refractivity contribution >= 4 is 5.91 Å². The molecule has 0 bridgehead atoms. The van der Waals surface area contributed by atoms with E-state index in [0.717, 1.165) is 6.42 Å². The Morgan fingerprint density at radius 3 is 2.68 bits per heavy atom. The van der Waals surface area contributed by atoms with Crippen molar-refractivity contribution in [3.63, 3.8) is 0 Å². The van der Waals surface area contributed by atoms with Gasteiger partial charge >= 0.3 is 0 Å². The van der Waals surface area contributed by atoms with Gasteiger partial charge in [0, 0.05) is 19.5 Å². The predicted molar refractivity (Wildman–Crippen MR) is 76.7 cm³/mol. The molecule has 1 aromatic rings. The van der Waals surface area contributed by atoms with E-state index in [-0.39, 0.29) is 11.9 Å². The molecule has 19 heavy (non-hydrogen) atoms. The van der Waals surface area contributed by atoms with Crippen LogP contribution >= 0.6 is 0 Å². The van der Waals surface area contributed by atoms with Crippen LogP contribution in [-0.4, -0.2) is 23.9 Å². The summed E-state index contributed by atoms with van der Waals surface area (Å²) < 4.78 is 0. The average Bonchev–Trinajstić information content (AvgIpc) is 2.36. The van der Waals surface area contributed by atoms with E-state index in [0.29, 0.717) is 12.8 Å². The Kier molecular flexibility index (Phi) is 5.57. The summed E-state index contributed by atoms with van der Waals surface area (Å²) in [6.07, 6.45) is 1.64. The van der Waals surface area contributed by atoms with Crippen LogP contribution in [-0.2, 0) is 11.2 Å². The zero-order valence-electron chi connectivity index (χ0n) is 12.2. The molecule has 1 rings (SSSR count). The van der Waals surface area contributed by atoms with Crippen LogP contribution in [0.25, 0.3) is 0 Å². The lowest BCUT2D eigenvalue weighted by atomic mass is 10.0. The Morgan fingerprint density at radius 2 is 2.11 bits per heavy atom. The van der Waals surface area contributed by atoms with E-state index in [1.807, 2.05) is 6.92 Å². The average molecular weight is 258 g/mol. The molecule has 3 heteroatoms. The lowest BCUT2D eigenvalue weighted by Crippen LogP contribution is -2.34. The van der Waals surface area contributed by atoms with Crippen molar-refractivity contribution in [2.75, 3.05) is 7.05 Å². The molecule has 3 nitrogen and oxygen atoms in total. The van der Waals surface area contributed by atoms with Crippen molar-refractivity contribution in [3.8, 4) is 6.07 Å². The fraction of sp³-hybridized carbons (Fsp3) is 0.500. The largest absolute Gasteiger partial charge is 0.342 e. The van der Waals surface area contributed by atoms with Crippen molar-refractivity contribution in [3.05, 3.63) is 34.9 Å². The van der Waals surface area contributed by atoms with Gasteiger partial charge in [-0.15, -0.1) is 0 Å². The van der Waals surface area contributed by atoms with Gasteiger partial charge in [-0.3, -0.25) is 4.79 Å². The molecule has 0 aliphatic heterocycles. The summed E-state index contributed by atoms with van der Waals surface area (Å²) in [5.41, 5.74) is 3.70. The van der Waals surface area contributed by atoms with E-state index < -0.39 is 0 Å². The summed E-state index contributed by atoms with van der Waals surface area (Å²) >= 11 is 0. The third-order valence-corrected chi connectivity index (χ3v) is 3.55. The second kappa shape index (κ2) is 6.94. The van der Waals surface area contributed by atoms with Gasteiger partial charge < -0.3 is 4.90 Å². The molecule has 0 heterocycles. The van der Waals surface area contributed by atoms with Gasteiger partial charge in [0.25, 0.3) is 0 Å². The summed E-state index contributed by atoms with van der Waals surface area (Å²) in [7, 11) is 1.77. The first-order valence-corrected chi connectivity index (χ1v) is 6.64. The van der Waals surface area contributed by atoms with Crippen molar-refractivity contribution in [2.45, 2.75) is 46.1 Å². The van der Waals surface area contributed by atoms with Crippen molar-refractivity contribution in [1.82, 2.24) is 4.90 Å². The summed E-state index contributed by atoms with van der Waals surface area (Å²) in [6, 6.07) is 8.39. The van der Waals surface area contributed by atoms with Crippen LogP contribution in [0.4, 0.5) is 0 Å². The van der Waals surface area contributed by atoms with Crippen LogP contribution in [0.2, 0.25) is 0 Å². The Labute approximate surface area is 115 Å². The maximum absolute atomic E-state index is 12.0. The lowest BCUT2D eigenvalue weighted by molar-refractivity contribution is -0.131. The number of hydrogen-bond acceptors (Lipinski definition) is 2. The number of nitrogens with zero attached hydrogens (tertiary/aromatic N) is 2. The molecule has 0 saturated heterocycles. The Hall–Kier alpha value is -1.82. The minimum Gasteiger partial charge on any atom is -0.342 e. The third-order valence-electron chi connectivity index (χ3n) is 3.55. The van der Waals surface area contributed by atoms with Crippen LogP contribution in [0.1, 0.15) is 36.5 Å². The number of rotatable bonds is 5. The third kappa shape index (κ3) is 4.40. The number of hydrogen-bond donors (Lipinski definition) is 0. The van der Waals surface area contributed by atoms with E-state index >= 15 is 0 Å². The first-order chi connectivity index (χ1) is 8.95. The monoisotopic (exact) mass is 258 g/mol. The molecule has 0 unspecified atom stereocenters. The van der Waals surface area contributed by atoms with E-state index in [9.17, 15) is 4.79 Å². The van der Waals surface area contributed by atoms with Gasteiger partial charge in [-0.05, 0) is 38.3 Å². The Morgan fingerprint density at radius 1 is 1.42 bits per heavy atom. The fourth-order valence-electron chi connectivity index (χ4n) is 2.06. The molecule has 0 aromatic heterocycles. The molecule has 0 radical (unpaired) electrons. The topological polar surface area (TPSA) is 44.1 Å². The summed E-state index contributed by atoms with van der Waals surface area (Å²) in [5.74, 6) is 0.0997. The molecule has 1 atom stereocenters. The second-order valence-corrected chi connectivity index (χ2v) is 5.15. The van der Waals surface area contributed by atoms with Crippen molar-refractivity contribution in [1.29, 1.82) is 5.26 Å². The molecule has 0 aliphatic carbocycles. The van der Waals surface area contributed by atoms with Crippen molar-refractivity contribution in [2.24, 2.45) is 0 Å². The number of aryl methyl sites for hydroxylation is 3. The molecule has 0 saturated carbocycles. The van der Waals surface area contributed by atoms with Gasteiger partial charge in [-0.25, -0.2) is 0 Å². The molecule has 1 aromatic carbocycles. The quantitative estimate of drug-likeness (QED) is 0.815. The highest BCUT2D eigenvalue weighted by Crippen LogP contribution is 2.13. The van der Waals surface area contributed by atoms with Crippen molar-refractivity contribution < 1.29 is 4.79 Å². The lowest BCUT2D eigenvalue weighted by Gasteiger charge is -2.23. The van der Waals surface area contributed by atoms with Crippen LogP contribution in [0.15, 0.2) is 18.2 Å². The normalized spacial score (nSPS) is 11.7. The van der Waals surface area contributed by atoms with Crippen LogP contribution < -0.4 is 0 Å². The molecule has 0 aliphatic rings. The van der Waals surface area contributed by atoms with Crippen LogP contribution in [0.5, 0.6) is 0 Å². The van der Waals surface area contributed by atoms with E-state index in [4.69, 9.17) is 5.26 Å². The zero-order chi connectivity index (χ0) is 14.4. The van der Waals surface area contributed by atoms with Gasteiger partial charge in [-0.1, -0.05) is 23.8 Å². The molecule has 1 amide bonds. The fourth-order valence-corrected chi connectivity index (χ4v) is 2.06. The molecule has 102 valence electrons. The number of carbonyl (C=O) groups is 1. The van der Waals surface area contributed by atoms with Gasteiger partial charge in [0.1, 0.15) is 0 Å². The van der Waals surface area contributed by atoms with Gasteiger partial charge in [0.15, 0.2) is 0 Å². The second-order valence-electron chi connectivity index (χ2n) is 5.15. The first-order valence-electron chi connectivity index (χ1n) is 6.64. The standard InChI is InChI=1S/C16H22N2O/c1-12-5-6-15(13(2)11-12)7-8-16(19)18(4)14(3)9-10-17/h5-6,11,14H,7-9H2,1-4H3/t14-/m1/s1. The first kappa shape index (κ1) is 15.2. The van der Waals surface area contributed by atoms with Gasteiger partial charge in [0.05, 0.1) is 12.5 Å². The minimum atomic E-state index is -0.0170. The zero-order valence-corrected chi connectivity index (χ0v) is 12.2. The Bertz CT molecular complexity index is 488. The molecule has 0 fully saturated rings. The molecule has 0 N–H and O–H groups in total. The summed E-state index contributed by atoms with van der Waals surface area (Å²) in [6.45, 7) is 6.05. The molecular weight excluding hydrogens is 236 g/mol. The maximum Gasteiger partial charge on any atom is 0.222 e. The Balaban J connectivity index is 2.57. The van der Waals surface area contributed by atoms with E-state index in [1.165, 1.54) is 16.7 Å². The predicted octanol–water partition coefficient (Wildman–Crippen LogP) is 3.00. The summed E-state index contributed by atoms with van der Waals surface area (Å²) in [4.78, 5) is 13.7.